The van der Waals surface area contributed by atoms with E-state index in [9.17, 15) is 5.11 Å². The number of aromatic hydroxyl groups is 1. The van der Waals surface area contributed by atoms with Crippen LogP contribution in [0.2, 0.25) is 0 Å². The molecule has 72 valence electrons. The number of nitrogens with zero attached hydrogens (tertiary/aromatic N) is 2. The summed E-state index contributed by atoms with van der Waals surface area (Å²) in [4.78, 5) is 8.02. The molecule has 1 aromatic carbocycles. The number of phenolic OH excluding ortho intramolecular Hbond substituents is 1. The summed E-state index contributed by atoms with van der Waals surface area (Å²) in [5.41, 5.74) is 12.3. The molecule has 0 saturated carbocycles. The van der Waals surface area contributed by atoms with E-state index in [0.29, 0.717) is 11.2 Å². The molecule has 1 heterocycles. The number of fused-ring (bicyclic) bond motifs is 1. The van der Waals surface area contributed by atoms with Crippen molar-refractivity contribution in [3.63, 3.8) is 0 Å². The van der Waals surface area contributed by atoms with Gasteiger partial charge in [0.25, 0.3) is 0 Å². The lowest BCUT2D eigenvalue weighted by molar-refractivity contribution is 0.476. The third-order valence-corrected chi connectivity index (χ3v) is 1.97. The first kappa shape index (κ1) is 8.71. The molecule has 0 radical (unpaired) electrons. The van der Waals surface area contributed by atoms with Crippen LogP contribution in [0.15, 0.2) is 18.2 Å². The van der Waals surface area contributed by atoms with Crippen molar-refractivity contribution in [2.45, 2.75) is 6.54 Å². The first-order valence-corrected chi connectivity index (χ1v) is 4.16. The van der Waals surface area contributed by atoms with E-state index in [0.717, 1.165) is 5.39 Å². The summed E-state index contributed by atoms with van der Waals surface area (Å²) in [6.45, 7) is 0.271. The number of benzene rings is 1. The van der Waals surface area contributed by atoms with E-state index in [2.05, 4.69) is 9.97 Å². The van der Waals surface area contributed by atoms with Crippen molar-refractivity contribution in [3.05, 3.63) is 23.9 Å². The Bertz CT molecular complexity index is 483. The molecule has 0 aliphatic rings. The number of nitrogens with two attached hydrogens (primary N) is 2. The van der Waals surface area contributed by atoms with Crippen LogP contribution in [0.5, 0.6) is 5.75 Å². The fourth-order valence-corrected chi connectivity index (χ4v) is 1.36. The van der Waals surface area contributed by atoms with Crippen molar-refractivity contribution in [2.24, 2.45) is 5.73 Å². The molecule has 5 N–H and O–H groups in total. The highest BCUT2D eigenvalue weighted by Crippen LogP contribution is 2.21. The van der Waals surface area contributed by atoms with Crippen molar-refractivity contribution in [1.82, 2.24) is 9.97 Å². The molecule has 0 saturated heterocycles. The Labute approximate surface area is 80.4 Å². The molecule has 2 rings (SSSR count). The molecule has 0 aliphatic heterocycles. The van der Waals surface area contributed by atoms with Gasteiger partial charge in [-0.25, -0.2) is 9.97 Å². The summed E-state index contributed by atoms with van der Waals surface area (Å²) in [7, 11) is 0. The van der Waals surface area contributed by atoms with E-state index in [1.54, 1.807) is 18.2 Å². The minimum absolute atomic E-state index is 0.167. The van der Waals surface area contributed by atoms with Crippen LogP contribution in [-0.4, -0.2) is 15.1 Å². The lowest BCUT2D eigenvalue weighted by Gasteiger charge is -2.04. The summed E-state index contributed by atoms with van der Waals surface area (Å²) in [6, 6.07) is 4.81. The molecule has 0 spiro atoms. The van der Waals surface area contributed by atoms with Crippen LogP contribution < -0.4 is 11.5 Å². The third kappa shape index (κ3) is 1.33. The summed E-state index contributed by atoms with van der Waals surface area (Å²) in [5, 5.41) is 10.0. The standard InChI is InChI=1S/C9H10N4O/c10-4-8-6-3-5(14)1-2-7(6)12-9(11)13-8/h1-3,14H,4,10H2,(H2,11,12,13). The second kappa shape index (κ2) is 3.12. The van der Waals surface area contributed by atoms with Gasteiger partial charge in [-0.15, -0.1) is 0 Å². The monoisotopic (exact) mass is 190 g/mol. The predicted molar refractivity (Wildman–Crippen MR) is 53.5 cm³/mol. The number of aromatic nitrogens is 2. The van der Waals surface area contributed by atoms with E-state index < -0.39 is 0 Å². The van der Waals surface area contributed by atoms with Crippen LogP contribution in [0.25, 0.3) is 10.9 Å². The molecule has 5 nitrogen and oxygen atoms in total. The van der Waals surface area contributed by atoms with Gasteiger partial charge in [0.05, 0.1) is 11.2 Å². The fraction of sp³-hybridized carbons (Fsp3) is 0.111. The quantitative estimate of drug-likeness (QED) is 0.603. The molecule has 0 atom stereocenters. The zero-order valence-electron chi connectivity index (χ0n) is 7.44. The molecule has 1 aromatic heterocycles. The van der Waals surface area contributed by atoms with Crippen molar-refractivity contribution in [1.29, 1.82) is 0 Å². The molecule has 14 heavy (non-hydrogen) atoms. The second-order valence-corrected chi connectivity index (χ2v) is 2.93. The molecular weight excluding hydrogens is 180 g/mol. The maximum absolute atomic E-state index is 9.29. The molecule has 2 aromatic rings. The Morgan fingerprint density at radius 1 is 1.29 bits per heavy atom. The Hall–Kier alpha value is -1.88. The minimum atomic E-state index is 0.167. The van der Waals surface area contributed by atoms with Crippen molar-refractivity contribution in [3.8, 4) is 5.75 Å². The van der Waals surface area contributed by atoms with E-state index in [4.69, 9.17) is 11.5 Å². The van der Waals surface area contributed by atoms with Gasteiger partial charge in [0, 0.05) is 11.9 Å². The van der Waals surface area contributed by atoms with Gasteiger partial charge in [0.15, 0.2) is 0 Å². The maximum atomic E-state index is 9.29. The summed E-state index contributed by atoms with van der Waals surface area (Å²) in [5.74, 6) is 0.365. The maximum Gasteiger partial charge on any atom is 0.220 e. The average Bonchev–Trinajstić information content (AvgIpc) is 2.17. The second-order valence-electron chi connectivity index (χ2n) is 2.93. The number of phenols is 1. The summed E-state index contributed by atoms with van der Waals surface area (Å²) >= 11 is 0. The molecule has 5 heteroatoms. The van der Waals surface area contributed by atoms with Crippen molar-refractivity contribution < 1.29 is 5.11 Å². The Kier molecular flexibility index (Phi) is 1.94. The zero-order valence-corrected chi connectivity index (χ0v) is 7.44. The molecular formula is C9H10N4O. The Balaban J connectivity index is 2.81. The highest BCUT2D eigenvalue weighted by Gasteiger charge is 2.04. The van der Waals surface area contributed by atoms with Gasteiger partial charge in [-0.1, -0.05) is 0 Å². The zero-order chi connectivity index (χ0) is 10.1. The summed E-state index contributed by atoms with van der Waals surface area (Å²) in [6.07, 6.45) is 0. The number of hydrogen-bond donors (Lipinski definition) is 3. The first-order chi connectivity index (χ1) is 6.70. The highest BCUT2D eigenvalue weighted by molar-refractivity contribution is 5.83. The van der Waals surface area contributed by atoms with Gasteiger partial charge < -0.3 is 16.6 Å². The lowest BCUT2D eigenvalue weighted by Crippen LogP contribution is -2.05. The van der Waals surface area contributed by atoms with Gasteiger partial charge in [0.1, 0.15) is 5.75 Å². The largest absolute Gasteiger partial charge is 0.508 e. The van der Waals surface area contributed by atoms with Gasteiger partial charge in [0.2, 0.25) is 5.95 Å². The van der Waals surface area contributed by atoms with Gasteiger partial charge in [-0.3, -0.25) is 0 Å². The number of hydrogen-bond acceptors (Lipinski definition) is 5. The predicted octanol–water partition coefficient (Wildman–Crippen LogP) is 0.376. The van der Waals surface area contributed by atoms with Crippen LogP contribution in [0, 0.1) is 0 Å². The number of nitrogen functional groups attached to an aromatic ring is 1. The topological polar surface area (TPSA) is 98.0 Å². The van der Waals surface area contributed by atoms with E-state index in [1.807, 2.05) is 0 Å². The molecule has 0 unspecified atom stereocenters. The highest BCUT2D eigenvalue weighted by atomic mass is 16.3. The average molecular weight is 190 g/mol. The van der Waals surface area contributed by atoms with Gasteiger partial charge in [-0.05, 0) is 18.2 Å². The molecule has 0 fully saturated rings. The molecule has 0 aliphatic carbocycles. The van der Waals surface area contributed by atoms with Crippen LogP contribution in [0.3, 0.4) is 0 Å². The number of rotatable bonds is 1. The Morgan fingerprint density at radius 3 is 2.79 bits per heavy atom. The minimum Gasteiger partial charge on any atom is -0.508 e. The van der Waals surface area contributed by atoms with Crippen LogP contribution in [-0.2, 0) is 6.54 Å². The van der Waals surface area contributed by atoms with Crippen LogP contribution >= 0.6 is 0 Å². The first-order valence-electron chi connectivity index (χ1n) is 4.16. The van der Waals surface area contributed by atoms with Crippen molar-refractivity contribution in [2.75, 3.05) is 5.73 Å². The molecule has 0 amide bonds. The molecule has 0 bridgehead atoms. The lowest BCUT2D eigenvalue weighted by atomic mass is 10.2. The Morgan fingerprint density at radius 2 is 2.07 bits per heavy atom. The normalized spacial score (nSPS) is 10.6. The van der Waals surface area contributed by atoms with Crippen molar-refractivity contribution >= 4 is 16.9 Å². The third-order valence-electron chi connectivity index (χ3n) is 1.97. The number of anilines is 1. The van der Waals surface area contributed by atoms with Crippen LogP contribution in [0.1, 0.15) is 5.69 Å². The van der Waals surface area contributed by atoms with E-state index in [-0.39, 0.29) is 18.2 Å². The smallest absolute Gasteiger partial charge is 0.220 e. The SMILES string of the molecule is NCc1nc(N)nc2ccc(O)cc12. The fourth-order valence-electron chi connectivity index (χ4n) is 1.36. The van der Waals surface area contributed by atoms with Gasteiger partial charge >= 0.3 is 0 Å². The van der Waals surface area contributed by atoms with E-state index in [1.165, 1.54) is 0 Å². The summed E-state index contributed by atoms with van der Waals surface area (Å²) < 4.78 is 0. The van der Waals surface area contributed by atoms with Crippen LogP contribution in [0.4, 0.5) is 5.95 Å². The van der Waals surface area contributed by atoms with E-state index >= 15 is 0 Å². The van der Waals surface area contributed by atoms with Gasteiger partial charge in [-0.2, -0.15) is 0 Å².